The molecule has 4 saturated carbocycles. The molecule has 13 atom stereocenters. The summed E-state index contributed by atoms with van der Waals surface area (Å²) in [5.41, 5.74) is -2.60. The number of rotatable bonds is 3. The summed E-state index contributed by atoms with van der Waals surface area (Å²) in [5, 5.41) is 74.7. The van der Waals surface area contributed by atoms with Gasteiger partial charge in [-0.25, -0.2) is 0 Å². The third-order valence-electron chi connectivity index (χ3n) is 10.9. The van der Waals surface area contributed by atoms with Crippen molar-refractivity contribution in [3.8, 4) is 0 Å². The van der Waals surface area contributed by atoms with Crippen molar-refractivity contribution in [1.29, 1.82) is 0 Å². The zero-order valence-electron chi connectivity index (χ0n) is 20.9. The molecule has 0 aromatic heterocycles. The highest BCUT2D eigenvalue weighted by atomic mass is 16.7. The number of aliphatic hydroxyl groups excluding tert-OH is 6. The van der Waals surface area contributed by atoms with Crippen molar-refractivity contribution in [3.05, 3.63) is 12.2 Å². The van der Waals surface area contributed by atoms with Crippen molar-refractivity contribution in [3.63, 3.8) is 0 Å². The van der Waals surface area contributed by atoms with Gasteiger partial charge in [0.1, 0.15) is 30.0 Å². The monoisotopic (exact) mass is 498 g/mol. The van der Waals surface area contributed by atoms with Crippen molar-refractivity contribution < 1.29 is 45.2 Å². The van der Waals surface area contributed by atoms with E-state index in [-0.39, 0.29) is 17.3 Å². The Morgan fingerprint density at radius 2 is 1.63 bits per heavy atom. The summed E-state index contributed by atoms with van der Waals surface area (Å²) in [6, 6.07) is 0. The zero-order chi connectivity index (χ0) is 25.7. The van der Waals surface area contributed by atoms with Gasteiger partial charge in [0.25, 0.3) is 0 Å². The molecule has 35 heavy (non-hydrogen) atoms. The molecule has 0 radical (unpaired) electrons. The van der Waals surface area contributed by atoms with Crippen LogP contribution in [0.3, 0.4) is 0 Å². The van der Waals surface area contributed by atoms with E-state index in [1.807, 2.05) is 20.8 Å². The van der Waals surface area contributed by atoms with Gasteiger partial charge in [0.05, 0.1) is 24.4 Å². The van der Waals surface area contributed by atoms with E-state index in [0.717, 1.165) is 24.8 Å². The summed E-state index contributed by atoms with van der Waals surface area (Å²) in [6.45, 7) is 9.49. The van der Waals surface area contributed by atoms with Gasteiger partial charge in [0.2, 0.25) is 0 Å². The van der Waals surface area contributed by atoms with Gasteiger partial charge in [0.15, 0.2) is 6.29 Å². The Balaban J connectivity index is 1.44. The van der Waals surface area contributed by atoms with Crippen LogP contribution in [-0.4, -0.2) is 96.5 Å². The van der Waals surface area contributed by atoms with E-state index >= 15 is 0 Å². The molecule has 0 aromatic rings. The minimum atomic E-state index is -1.51. The van der Waals surface area contributed by atoms with Crippen LogP contribution >= 0.6 is 0 Å². The summed E-state index contributed by atoms with van der Waals surface area (Å²) in [5.74, 6) is -0.257. The highest BCUT2D eigenvalue weighted by molar-refractivity contribution is 5.30. The number of ether oxygens (including phenoxy) is 2. The van der Waals surface area contributed by atoms with Gasteiger partial charge < -0.3 is 45.2 Å². The molecule has 4 aliphatic carbocycles. The molecule has 0 aromatic carbocycles. The Kier molecular flexibility index (Phi) is 6.08. The Morgan fingerprint density at radius 3 is 2.29 bits per heavy atom. The van der Waals surface area contributed by atoms with Gasteiger partial charge in [-0.3, -0.25) is 0 Å². The predicted octanol–water partition coefficient (Wildman–Crippen LogP) is -0.173. The maximum absolute atomic E-state index is 11.9. The first kappa shape index (κ1) is 26.0. The molecule has 1 spiro atoms. The molecule has 9 nitrogen and oxygen atoms in total. The van der Waals surface area contributed by atoms with Crippen LogP contribution in [0.5, 0.6) is 0 Å². The molecule has 5 rings (SSSR count). The Labute approximate surface area is 206 Å². The maximum atomic E-state index is 11.9. The van der Waals surface area contributed by atoms with Crippen molar-refractivity contribution in [2.45, 2.75) is 113 Å². The van der Waals surface area contributed by atoms with Gasteiger partial charge in [-0.2, -0.15) is 0 Å². The largest absolute Gasteiger partial charge is 0.394 e. The molecule has 1 heterocycles. The highest BCUT2D eigenvalue weighted by Gasteiger charge is 2.70. The topological polar surface area (TPSA) is 160 Å². The number of hydrogen-bond donors (Lipinski definition) is 7. The van der Waals surface area contributed by atoms with Crippen LogP contribution in [0.25, 0.3) is 0 Å². The van der Waals surface area contributed by atoms with Crippen molar-refractivity contribution in [2.24, 2.45) is 28.6 Å². The molecular formula is C26H42O9. The summed E-state index contributed by atoms with van der Waals surface area (Å²) in [7, 11) is 0. The SMILES string of the molecule is C=C1[C@@H]2CC[C@@H]3C[C@@]2(C[C@@H](O)[C@@]2(O)[C@H]1C[C@H](O)C2(C)C)C[C@@]3(C)O[C@@H]1O[C@H](CO)[C@@H](O)[C@H](O)[C@H]1O. The van der Waals surface area contributed by atoms with Crippen LogP contribution in [0.15, 0.2) is 12.2 Å². The van der Waals surface area contributed by atoms with Crippen LogP contribution in [-0.2, 0) is 9.47 Å². The normalized spacial score (nSPS) is 57.5. The van der Waals surface area contributed by atoms with Crippen molar-refractivity contribution >= 4 is 0 Å². The van der Waals surface area contributed by atoms with Crippen LogP contribution < -0.4 is 0 Å². The Morgan fingerprint density at radius 1 is 0.943 bits per heavy atom. The van der Waals surface area contributed by atoms with E-state index in [1.54, 1.807) is 0 Å². The van der Waals surface area contributed by atoms with E-state index in [2.05, 4.69) is 6.58 Å². The second-order valence-electron chi connectivity index (χ2n) is 12.8. The van der Waals surface area contributed by atoms with E-state index in [0.29, 0.717) is 19.3 Å². The van der Waals surface area contributed by atoms with Crippen LogP contribution in [0.4, 0.5) is 0 Å². The lowest BCUT2D eigenvalue weighted by atomic mass is 9.63. The lowest BCUT2D eigenvalue weighted by Crippen LogP contribution is -2.60. The fraction of sp³-hybridized carbons (Fsp3) is 0.923. The smallest absolute Gasteiger partial charge is 0.187 e. The molecule has 5 aliphatic rings. The van der Waals surface area contributed by atoms with Crippen molar-refractivity contribution in [1.82, 2.24) is 0 Å². The standard InChI is InChI=1S/C26H42O9/c1-12-14-6-5-13-8-25(14,9-18(29)26(33)15(12)7-17(28)23(26,2)3)11-24(13,4)35-22-21(32)20(31)19(30)16(10-27)34-22/h13-22,27-33H,1,5-11H2,2-4H3/t13-,14+,15+,16-,17+,18-,19-,20+,21-,22+,24-,25-,26+/m1/s1. The first-order chi connectivity index (χ1) is 16.2. The molecule has 2 bridgehead atoms. The van der Waals surface area contributed by atoms with Crippen LogP contribution in [0.2, 0.25) is 0 Å². The van der Waals surface area contributed by atoms with Crippen LogP contribution in [0.1, 0.15) is 59.3 Å². The van der Waals surface area contributed by atoms with Gasteiger partial charge >= 0.3 is 0 Å². The molecular weight excluding hydrogens is 456 g/mol. The quantitative estimate of drug-likeness (QED) is 0.262. The van der Waals surface area contributed by atoms with Gasteiger partial charge in [-0.15, -0.1) is 0 Å². The fourth-order valence-electron chi connectivity index (χ4n) is 8.71. The van der Waals surface area contributed by atoms with Crippen LogP contribution in [0, 0.1) is 28.6 Å². The lowest BCUT2D eigenvalue weighted by molar-refractivity contribution is -0.329. The van der Waals surface area contributed by atoms with Gasteiger partial charge in [-0.1, -0.05) is 26.0 Å². The number of hydrogen-bond acceptors (Lipinski definition) is 9. The molecule has 9 heteroatoms. The first-order valence-electron chi connectivity index (χ1n) is 13.0. The number of fused-ring (bicyclic) bond motifs is 2. The Bertz CT molecular complexity index is 862. The van der Waals surface area contributed by atoms with E-state index in [4.69, 9.17) is 9.47 Å². The van der Waals surface area contributed by atoms with Crippen molar-refractivity contribution in [2.75, 3.05) is 6.61 Å². The maximum Gasteiger partial charge on any atom is 0.187 e. The molecule has 200 valence electrons. The molecule has 7 N–H and O–H groups in total. The highest BCUT2D eigenvalue weighted by Crippen LogP contribution is 2.69. The predicted molar refractivity (Wildman–Crippen MR) is 124 cm³/mol. The Hall–Kier alpha value is -0.620. The van der Waals surface area contributed by atoms with Gasteiger partial charge in [0, 0.05) is 11.3 Å². The van der Waals surface area contributed by atoms with E-state index < -0.39 is 72.1 Å². The van der Waals surface area contributed by atoms with Gasteiger partial charge in [-0.05, 0) is 62.7 Å². The summed E-state index contributed by atoms with van der Waals surface area (Å²) < 4.78 is 12.0. The minimum Gasteiger partial charge on any atom is -0.394 e. The fourth-order valence-corrected chi connectivity index (χ4v) is 8.71. The lowest BCUT2D eigenvalue weighted by Gasteiger charge is -2.45. The number of aliphatic hydroxyl groups is 7. The van der Waals surface area contributed by atoms with E-state index in [1.165, 1.54) is 0 Å². The second-order valence-corrected chi connectivity index (χ2v) is 12.8. The minimum absolute atomic E-state index is 0.0498. The summed E-state index contributed by atoms with van der Waals surface area (Å²) in [6.07, 6.45) is -4.81. The third-order valence-corrected chi connectivity index (χ3v) is 10.9. The zero-order valence-corrected chi connectivity index (χ0v) is 20.9. The van der Waals surface area contributed by atoms with E-state index in [9.17, 15) is 35.7 Å². The molecule has 1 aliphatic heterocycles. The molecule has 5 fully saturated rings. The average molecular weight is 499 g/mol. The second kappa shape index (κ2) is 8.19. The molecule has 0 unspecified atom stereocenters. The summed E-state index contributed by atoms with van der Waals surface area (Å²) >= 11 is 0. The third kappa shape index (κ3) is 3.40. The first-order valence-corrected chi connectivity index (χ1v) is 13.0. The average Bonchev–Trinajstić information content (AvgIpc) is 3.10. The molecule has 0 amide bonds. The molecule has 1 saturated heterocycles. The summed E-state index contributed by atoms with van der Waals surface area (Å²) in [4.78, 5) is 0.